The first-order valence-electron chi connectivity index (χ1n) is 7.22. The topological polar surface area (TPSA) is 123 Å². The summed E-state index contributed by atoms with van der Waals surface area (Å²) in [6, 6.07) is 5.36. The molecule has 1 N–H and O–H groups in total. The third-order valence-corrected chi connectivity index (χ3v) is 6.43. The van der Waals surface area contributed by atoms with Crippen molar-refractivity contribution in [1.82, 2.24) is 10.2 Å². The molecule has 1 aliphatic rings. The molecular weight excluding hydrogens is 392 g/mol. The van der Waals surface area contributed by atoms with Gasteiger partial charge >= 0.3 is 5.97 Å². The monoisotopic (exact) mass is 408 g/mol. The molecule has 1 fully saturated rings. The van der Waals surface area contributed by atoms with Crippen molar-refractivity contribution in [3.8, 4) is 0 Å². The molecule has 25 heavy (non-hydrogen) atoms. The van der Waals surface area contributed by atoms with Gasteiger partial charge in [-0.2, -0.15) is 8.42 Å². The van der Waals surface area contributed by atoms with Gasteiger partial charge in [-0.3, -0.25) is 9.35 Å². The summed E-state index contributed by atoms with van der Waals surface area (Å²) in [6.07, 6.45) is 2.04. The van der Waals surface area contributed by atoms with Gasteiger partial charge in [-0.25, -0.2) is 14.6 Å². The molecule has 1 aromatic heterocycles. The molecule has 1 aliphatic heterocycles. The molecule has 0 aromatic carbocycles. The first-order valence-corrected chi connectivity index (χ1v) is 11.0. The number of pyridine rings is 1. The van der Waals surface area contributed by atoms with E-state index in [4.69, 9.17) is 4.84 Å². The molecule has 1 aromatic rings. The van der Waals surface area contributed by atoms with Crippen molar-refractivity contribution in [3.05, 3.63) is 24.4 Å². The van der Waals surface area contributed by atoms with Crippen molar-refractivity contribution >= 4 is 43.6 Å². The van der Waals surface area contributed by atoms with Gasteiger partial charge in [-0.05, 0) is 41.0 Å². The second kappa shape index (κ2) is 9.38. The van der Waals surface area contributed by atoms with Crippen LogP contribution >= 0.6 is 21.6 Å². The number of hydrogen-bond donors (Lipinski definition) is 1. The van der Waals surface area contributed by atoms with Gasteiger partial charge in [-0.15, -0.1) is 0 Å². The molecule has 2 heterocycles. The van der Waals surface area contributed by atoms with Gasteiger partial charge in [0, 0.05) is 18.4 Å². The van der Waals surface area contributed by atoms with Gasteiger partial charge in [-0.1, -0.05) is 16.9 Å². The van der Waals surface area contributed by atoms with E-state index in [9.17, 15) is 22.6 Å². The fourth-order valence-electron chi connectivity index (χ4n) is 1.79. The molecule has 1 amide bonds. The summed E-state index contributed by atoms with van der Waals surface area (Å²) < 4.78 is 32.1. The highest BCUT2D eigenvalue weighted by Gasteiger charge is 2.36. The molecular formula is C13H16N2O7S3. The predicted molar refractivity (Wildman–Crippen MR) is 90.6 cm³/mol. The van der Waals surface area contributed by atoms with Crippen LogP contribution in [0.4, 0.5) is 0 Å². The van der Waals surface area contributed by atoms with Crippen molar-refractivity contribution in [1.29, 1.82) is 0 Å². The number of carbonyl (C=O) groups is 2. The van der Waals surface area contributed by atoms with Gasteiger partial charge < -0.3 is 4.84 Å². The summed E-state index contributed by atoms with van der Waals surface area (Å²) in [6.45, 7) is 0.173. The molecule has 0 bridgehead atoms. The highest BCUT2D eigenvalue weighted by molar-refractivity contribution is 8.76. The molecule has 0 radical (unpaired) electrons. The maximum absolute atomic E-state index is 12.0. The molecule has 0 aliphatic carbocycles. The van der Waals surface area contributed by atoms with Crippen molar-refractivity contribution in [3.63, 3.8) is 0 Å². The zero-order chi connectivity index (χ0) is 18.3. The number of amides is 1. The Morgan fingerprint density at radius 1 is 1.48 bits per heavy atom. The Hall–Kier alpha value is -1.34. The van der Waals surface area contributed by atoms with Crippen LogP contribution in [0.1, 0.15) is 19.3 Å². The van der Waals surface area contributed by atoms with Crippen LogP contribution in [0.5, 0.6) is 0 Å². The van der Waals surface area contributed by atoms with Crippen LogP contribution in [0.15, 0.2) is 29.4 Å². The molecule has 138 valence electrons. The third kappa shape index (κ3) is 6.47. The Morgan fingerprint density at radius 2 is 2.28 bits per heavy atom. The standard InChI is InChI=1S/C13H16N2O7S3/c16-12-5-3-8-21-15(12)22-13(17)10(25(18,19)20)6-9-23-24-11-4-1-2-7-14-11/h1-2,4,7,10H,3,5-6,8-9H2,(H,18,19,20). The molecule has 0 spiro atoms. The Kier molecular flexibility index (Phi) is 7.50. The fraction of sp³-hybridized carbons (Fsp3) is 0.462. The molecule has 1 unspecified atom stereocenters. The Labute approximate surface area is 152 Å². The quantitative estimate of drug-likeness (QED) is 0.384. The van der Waals surface area contributed by atoms with E-state index in [0.717, 1.165) is 5.03 Å². The minimum atomic E-state index is -4.68. The number of carbonyl (C=O) groups excluding carboxylic acids is 2. The average molecular weight is 408 g/mol. The Balaban J connectivity index is 1.87. The van der Waals surface area contributed by atoms with Gasteiger partial charge in [0.25, 0.3) is 16.0 Å². The lowest BCUT2D eigenvalue weighted by molar-refractivity contribution is -0.331. The Bertz CT molecular complexity index is 699. The minimum Gasteiger partial charge on any atom is -0.310 e. The molecule has 9 nitrogen and oxygen atoms in total. The van der Waals surface area contributed by atoms with E-state index in [-0.39, 0.29) is 25.2 Å². The van der Waals surface area contributed by atoms with E-state index < -0.39 is 27.2 Å². The highest BCUT2D eigenvalue weighted by atomic mass is 33.1. The number of aromatic nitrogens is 1. The van der Waals surface area contributed by atoms with Gasteiger partial charge in [0.05, 0.1) is 6.61 Å². The van der Waals surface area contributed by atoms with Crippen molar-refractivity contribution in [2.75, 3.05) is 12.4 Å². The smallest absolute Gasteiger partial charge is 0.310 e. The number of hydrogen-bond acceptors (Lipinski definition) is 9. The summed E-state index contributed by atoms with van der Waals surface area (Å²) in [4.78, 5) is 37.1. The second-order valence-electron chi connectivity index (χ2n) is 4.86. The summed E-state index contributed by atoms with van der Waals surface area (Å²) in [5.41, 5.74) is 0. The van der Waals surface area contributed by atoms with E-state index in [1.165, 1.54) is 21.6 Å². The number of hydroxylamine groups is 2. The van der Waals surface area contributed by atoms with Crippen LogP contribution in [-0.4, -0.2) is 52.7 Å². The maximum atomic E-state index is 12.0. The largest absolute Gasteiger partial charge is 0.356 e. The van der Waals surface area contributed by atoms with Crippen LogP contribution in [-0.2, 0) is 29.4 Å². The van der Waals surface area contributed by atoms with Crippen LogP contribution in [0, 0.1) is 0 Å². The minimum absolute atomic E-state index is 0.125. The fourth-order valence-corrected chi connectivity index (χ4v) is 4.62. The summed E-state index contributed by atoms with van der Waals surface area (Å²) in [7, 11) is -2.10. The van der Waals surface area contributed by atoms with Gasteiger partial charge in [0.15, 0.2) is 5.25 Å². The van der Waals surface area contributed by atoms with Crippen LogP contribution < -0.4 is 0 Å². The van der Waals surface area contributed by atoms with Crippen molar-refractivity contribution in [2.45, 2.75) is 29.5 Å². The van der Waals surface area contributed by atoms with Crippen molar-refractivity contribution < 1.29 is 32.2 Å². The molecule has 2 rings (SSSR count). The van der Waals surface area contributed by atoms with Crippen molar-refractivity contribution in [2.24, 2.45) is 0 Å². The lowest BCUT2D eigenvalue weighted by Gasteiger charge is -2.24. The summed E-state index contributed by atoms with van der Waals surface area (Å²) >= 11 is 0. The van der Waals surface area contributed by atoms with E-state index in [1.807, 2.05) is 6.07 Å². The molecule has 1 atom stereocenters. The predicted octanol–water partition coefficient (Wildman–Crippen LogP) is 1.48. The van der Waals surface area contributed by atoms with Crippen LogP contribution in [0.3, 0.4) is 0 Å². The maximum Gasteiger partial charge on any atom is 0.356 e. The van der Waals surface area contributed by atoms with Gasteiger partial charge in [0.1, 0.15) is 5.03 Å². The van der Waals surface area contributed by atoms with Gasteiger partial charge in [0.2, 0.25) is 0 Å². The molecule has 1 saturated heterocycles. The number of rotatable bonds is 8. The van der Waals surface area contributed by atoms with E-state index in [1.54, 1.807) is 18.3 Å². The first kappa shape index (κ1) is 20.0. The normalized spacial score (nSPS) is 16.5. The number of nitrogens with zero attached hydrogens (tertiary/aromatic N) is 2. The average Bonchev–Trinajstić information content (AvgIpc) is 2.56. The third-order valence-electron chi connectivity index (χ3n) is 2.99. The van der Waals surface area contributed by atoms with E-state index in [0.29, 0.717) is 11.6 Å². The summed E-state index contributed by atoms with van der Waals surface area (Å²) in [5, 5.41) is -0.701. The van der Waals surface area contributed by atoms with E-state index >= 15 is 0 Å². The van der Waals surface area contributed by atoms with Crippen LogP contribution in [0.2, 0.25) is 0 Å². The lowest BCUT2D eigenvalue weighted by atomic mass is 10.3. The lowest BCUT2D eigenvalue weighted by Crippen LogP contribution is -2.42. The van der Waals surface area contributed by atoms with E-state index in [2.05, 4.69) is 9.82 Å². The van der Waals surface area contributed by atoms with Crippen LogP contribution in [0.25, 0.3) is 0 Å². The molecule has 0 saturated carbocycles. The molecule has 12 heteroatoms. The first-order chi connectivity index (χ1) is 11.9. The zero-order valence-corrected chi connectivity index (χ0v) is 15.4. The second-order valence-corrected chi connectivity index (χ2v) is 8.90. The SMILES string of the molecule is O=C(ON1OCCCC1=O)C(CCSSc1ccccn1)S(=O)(=O)O. The zero-order valence-electron chi connectivity index (χ0n) is 12.9. The Morgan fingerprint density at radius 3 is 2.92 bits per heavy atom. The highest BCUT2D eigenvalue weighted by Crippen LogP contribution is 2.30. The summed E-state index contributed by atoms with van der Waals surface area (Å²) in [5.74, 6) is -1.62.